The van der Waals surface area contributed by atoms with Crippen LogP contribution in [0, 0.1) is 5.92 Å². The monoisotopic (exact) mass is 540 g/mol. The molecule has 2 unspecified atom stereocenters. The molecule has 0 heterocycles. The molecule has 220 valence electrons. The summed E-state index contributed by atoms with van der Waals surface area (Å²) >= 11 is 4.39. The lowest BCUT2D eigenvalue weighted by Gasteiger charge is -2.35. The molecule has 0 radical (unpaired) electrons. The molecule has 36 heavy (non-hydrogen) atoms. The molecule has 0 aromatic heterocycles. The predicted octanol–water partition coefficient (Wildman–Crippen LogP) is 7.22. The van der Waals surface area contributed by atoms with Gasteiger partial charge < -0.3 is 33.2 Å². The van der Waals surface area contributed by atoms with Crippen LogP contribution in [0.25, 0.3) is 0 Å². The van der Waals surface area contributed by atoms with Gasteiger partial charge in [0.05, 0.1) is 0 Å². The third kappa shape index (κ3) is 14.9. The van der Waals surface area contributed by atoms with Gasteiger partial charge in [0.1, 0.15) is 6.10 Å². The Balaban J connectivity index is 0. The van der Waals surface area contributed by atoms with Crippen molar-refractivity contribution < 1.29 is 33.2 Å². The summed E-state index contributed by atoms with van der Waals surface area (Å²) in [5.74, 6) is -1.17. The molecule has 0 aliphatic carbocycles. The third-order valence-electron chi connectivity index (χ3n) is 6.83. The van der Waals surface area contributed by atoms with Crippen molar-refractivity contribution in [2.24, 2.45) is 5.92 Å². The smallest absolute Gasteiger partial charge is 0.310 e. The molecule has 0 aromatic rings. The van der Waals surface area contributed by atoms with Crippen molar-refractivity contribution in [2.45, 2.75) is 122 Å². The van der Waals surface area contributed by atoms with Crippen LogP contribution < -0.4 is 0 Å². The van der Waals surface area contributed by atoms with Gasteiger partial charge in [0.25, 0.3) is 5.97 Å². The molecule has 0 aliphatic rings. The molecule has 7 nitrogen and oxygen atoms in total. The Morgan fingerprint density at radius 1 is 0.500 bits per heavy atom. The molecule has 0 N–H and O–H groups in total. The van der Waals surface area contributed by atoms with Crippen molar-refractivity contribution in [2.75, 3.05) is 55.5 Å². The molecule has 0 bridgehead atoms. The van der Waals surface area contributed by atoms with E-state index in [1.165, 1.54) is 70.6 Å². The van der Waals surface area contributed by atoms with Crippen molar-refractivity contribution in [1.82, 2.24) is 0 Å². The van der Waals surface area contributed by atoms with Crippen LogP contribution in [0.3, 0.4) is 0 Å². The zero-order chi connectivity index (χ0) is 27.7. The lowest BCUT2D eigenvalue weighted by atomic mass is 9.99. The second-order valence-electron chi connectivity index (χ2n) is 9.15. The van der Waals surface area contributed by atoms with Gasteiger partial charge in [0.15, 0.2) is 0 Å². The van der Waals surface area contributed by atoms with Crippen LogP contribution in [0.5, 0.6) is 0 Å². The van der Waals surface area contributed by atoms with E-state index in [9.17, 15) is 0 Å². The number of thiol groups is 1. The Labute approximate surface area is 229 Å². The first-order chi connectivity index (χ1) is 17.4. The van der Waals surface area contributed by atoms with Gasteiger partial charge in [-0.2, -0.15) is 12.6 Å². The second-order valence-corrected chi connectivity index (χ2v) is 9.51. The fourth-order valence-electron chi connectivity index (χ4n) is 4.49. The van der Waals surface area contributed by atoms with Gasteiger partial charge in [-0.05, 0) is 12.8 Å². The minimum Gasteiger partial charge on any atom is -0.373 e. The number of methoxy groups -OCH3 is 7. The molecule has 0 amide bonds. The Hall–Kier alpha value is 0.0700. The molecule has 0 aliphatic heterocycles. The summed E-state index contributed by atoms with van der Waals surface area (Å²) in [6, 6.07) is 0. The summed E-state index contributed by atoms with van der Waals surface area (Å²) in [5, 5.41) is 0. The minimum absolute atomic E-state index is 0.159. The van der Waals surface area contributed by atoms with Crippen LogP contribution in [0.1, 0.15) is 104 Å². The molecule has 0 rings (SSSR count). The average Bonchev–Trinajstić information content (AvgIpc) is 2.92. The molecular formula is C28H60O7S. The van der Waals surface area contributed by atoms with Crippen molar-refractivity contribution in [3.8, 4) is 0 Å². The van der Waals surface area contributed by atoms with Gasteiger partial charge in [-0.3, -0.25) is 0 Å². The Bertz CT molecular complexity index is 389. The van der Waals surface area contributed by atoms with Crippen LogP contribution in [0.15, 0.2) is 0 Å². The third-order valence-corrected chi connectivity index (χ3v) is 7.27. The number of hydrogen-bond acceptors (Lipinski definition) is 8. The van der Waals surface area contributed by atoms with Crippen molar-refractivity contribution in [3.05, 3.63) is 0 Å². The van der Waals surface area contributed by atoms with Crippen molar-refractivity contribution in [1.29, 1.82) is 0 Å². The summed E-state index contributed by atoms with van der Waals surface area (Å²) < 4.78 is 37.6. The lowest BCUT2D eigenvalue weighted by molar-refractivity contribution is -0.392. The van der Waals surface area contributed by atoms with E-state index < -0.39 is 11.9 Å². The molecule has 8 heteroatoms. The first-order valence-electron chi connectivity index (χ1n) is 13.9. The highest BCUT2D eigenvalue weighted by atomic mass is 32.1. The maximum atomic E-state index is 5.44. The predicted molar refractivity (Wildman–Crippen MR) is 152 cm³/mol. The second kappa shape index (κ2) is 25.4. The zero-order valence-corrected chi connectivity index (χ0v) is 26.0. The SMILES string of the molecule is CCCCCCCCC(CS)C(OC)(OC)OC.CCCCCCCCC(OC)C(OC)(OC)OC. The Kier molecular flexibility index (Phi) is 26.9. The van der Waals surface area contributed by atoms with E-state index in [2.05, 4.69) is 26.5 Å². The van der Waals surface area contributed by atoms with Gasteiger partial charge in [-0.15, -0.1) is 0 Å². The number of unbranched alkanes of at least 4 members (excludes halogenated alkanes) is 10. The van der Waals surface area contributed by atoms with Gasteiger partial charge in [-0.25, -0.2) is 0 Å². The molecule has 0 saturated heterocycles. The first-order valence-corrected chi connectivity index (χ1v) is 14.5. The van der Waals surface area contributed by atoms with E-state index in [0.717, 1.165) is 19.3 Å². The van der Waals surface area contributed by atoms with E-state index in [0.29, 0.717) is 5.75 Å². The Morgan fingerprint density at radius 3 is 1.19 bits per heavy atom. The highest BCUT2D eigenvalue weighted by Crippen LogP contribution is 2.29. The average molecular weight is 541 g/mol. The van der Waals surface area contributed by atoms with E-state index in [1.807, 2.05) is 0 Å². The van der Waals surface area contributed by atoms with Crippen LogP contribution in [0.4, 0.5) is 0 Å². The van der Waals surface area contributed by atoms with E-state index in [4.69, 9.17) is 33.2 Å². The van der Waals surface area contributed by atoms with Gasteiger partial charge in [0, 0.05) is 61.4 Å². The van der Waals surface area contributed by atoms with Crippen molar-refractivity contribution >= 4 is 12.6 Å². The zero-order valence-electron chi connectivity index (χ0n) is 25.1. The van der Waals surface area contributed by atoms with Crippen LogP contribution >= 0.6 is 12.6 Å². The van der Waals surface area contributed by atoms with Gasteiger partial charge >= 0.3 is 5.97 Å². The standard InChI is InChI=1S/C14H30O4.C14H30O3S/c1-6-7-8-9-10-11-12-13(15-2)14(16-3,17-4)18-5;1-5-6-7-8-9-10-11-13(12-18)14(15-2,16-3)17-4/h13H,6-12H2,1-5H3;13,18H,5-12H2,1-4H3. The van der Waals surface area contributed by atoms with Crippen LogP contribution in [-0.2, 0) is 33.2 Å². The highest BCUT2D eigenvalue weighted by Gasteiger charge is 2.40. The molecule has 0 fully saturated rings. The summed E-state index contributed by atoms with van der Waals surface area (Å²) in [6.07, 6.45) is 16.9. The van der Waals surface area contributed by atoms with Crippen molar-refractivity contribution in [3.63, 3.8) is 0 Å². The summed E-state index contributed by atoms with van der Waals surface area (Å²) in [4.78, 5) is 0. The fourth-order valence-corrected chi connectivity index (χ4v) is 4.90. The van der Waals surface area contributed by atoms with E-state index in [1.54, 1.807) is 49.8 Å². The largest absolute Gasteiger partial charge is 0.373 e. The number of rotatable bonds is 24. The summed E-state index contributed by atoms with van der Waals surface area (Å²) in [7, 11) is 11.2. The van der Waals surface area contributed by atoms with Crippen LogP contribution in [0.2, 0.25) is 0 Å². The van der Waals surface area contributed by atoms with Crippen LogP contribution in [-0.4, -0.2) is 73.6 Å². The molecule has 0 aromatic carbocycles. The fraction of sp³-hybridized carbons (Fsp3) is 1.00. The number of ether oxygens (including phenoxy) is 7. The Morgan fingerprint density at radius 2 is 0.861 bits per heavy atom. The van der Waals surface area contributed by atoms with E-state index in [-0.39, 0.29) is 12.0 Å². The lowest BCUT2D eigenvalue weighted by Crippen LogP contribution is -2.48. The summed E-state index contributed by atoms with van der Waals surface area (Å²) in [6.45, 7) is 4.46. The number of hydrogen-bond donors (Lipinski definition) is 1. The maximum absolute atomic E-state index is 5.44. The van der Waals surface area contributed by atoms with E-state index >= 15 is 0 Å². The topological polar surface area (TPSA) is 64.6 Å². The minimum atomic E-state index is -1.09. The molecule has 0 saturated carbocycles. The van der Waals surface area contributed by atoms with Gasteiger partial charge in [-0.1, -0.05) is 90.9 Å². The maximum Gasteiger partial charge on any atom is 0.310 e. The first kappa shape index (κ1) is 38.2. The summed E-state index contributed by atoms with van der Waals surface area (Å²) in [5.41, 5.74) is 0. The molecule has 0 spiro atoms. The quantitative estimate of drug-likeness (QED) is 0.0787. The van der Waals surface area contributed by atoms with Gasteiger partial charge in [0.2, 0.25) is 0 Å². The highest BCUT2D eigenvalue weighted by molar-refractivity contribution is 7.80. The molecule has 2 atom stereocenters. The normalized spacial score (nSPS) is 13.8. The molecular weight excluding hydrogens is 480 g/mol.